The van der Waals surface area contributed by atoms with Gasteiger partial charge in [-0.1, -0.05) is 36.4 Å². The second-order valence-electron chi connectivity index (χ2n) is 8.77. The van der Waals surface area contributed by atoms with Gasteiger partial charge in [-0.25, -0.2) is 14.5 Å². The minimum absolute atomic E-state index is 0.0580. The first kappa shape index (κ1) is 24.2. The molecule has 4 heterocycles. The molecule has 0 aliphatic carbocycles. The maximum atomic E-state index is 14.1. The van der Waals surface area contributed by atoms with Crippen LogP contribution in [0.25, 0.3) is 34.4 Å². The van der Waals surface area contributed by atoms with E-state index >= 15 is 0 Å². The number of hydrogen-bond donors (Lipinski definition) is 2. The molecule has 2 aromatic carbocycles. The zero-order valence-corrected chi connectivity index (χ0v) is 21.5. The number of hydrogen-bond acceptors (Lipinski definition) is 8. The van der Waals surface area contributed by atoms with Crippen molar-refractivity contribution in [2.75, 3.05) is 5.73 Å². The quantitative estimate of drug-likeness (QED) is 0.328. The number of nitrogen functional groups attached to an aromatic ring is 1. The van der Waals surface area contributed by atoms with Crippen LogP contribution in [0.2, 0.25) is 0 Å². The number of carbonyl (C=O) groups is 1. The molecule has 192 valence electrons. The molecule has 0 bridgehead atoms. The molecule has 4 aromatic heterocycles. The van der Waals surface area contributed by atoms with Gasteiger partial charge in [0.05, 0.1) is 28.1 Å². The molecule has 0 unspecified atom stereocenters. The highest BCUT2D eigenvalue weighted by molar-refractivity contribution is 7.10. The fraction of sp³-hybridized carbons (Fsp3) is 0.0714. The van der Waals surface area contributed by atoms with E-state index in [9.17, 15) is 9.59 Å². The summed E-state index contributed by atoms with van der Waals surface area (Å²) in [6.07, 6.45) is 8.80. The van der Waals surface area contributed by atoms with Crippen molar-refractivity contribution < 1.29 is 4.79 Å². The minimum Gasteiger partial charge on any atom is -0.381 e. The van der Waals surface area contributed by atoms with Crippen LogP contribution in [-0.4, -0.2) is 35.0 Å². The van der Waals surface area contributed by atoms with Crippen molar-refractivity contribution in [1.82, 2.24) is 34.4 Å². The molecule has 0 aliphatic rings. The number of nitrogens with one attached hydrogen (secondary N) is 1. The van der Waals surface area contributed by atoms with Crippen LogP contribution in [0.4, 0.5) is 5.82 Å². The van der Waals surface area contributed by atoms with Gasteiger partial charge in [0.25, 0.3) is 11.5 Å². The van der Waals surface area contributed by atoms with Crippen LogP contribution in [0.15, 0.2) is 83.5 Å². The second-order valence-corrected chi connectivity index (χ2v) is 9.69. The number of thiazole rings is 1. The van der Waals surface area contributed by atoms with Crippen molar-refractivity contribution in [3.63, 3.8) is 0 Å². The maximum Gasteiger partial charge on any atom is 0.266 e. The number of nitrogens with zero attached hydrogens (tertiary/aromatic N) is 6. The second kappa shape index (κ2) is 9.95. The van der Waals surface area contributed by atoms with Crippen molar-refractivity contribution >= 4 is 51.8 Å². The van der Waals surface area contributed by atoms with E-state index in [0.29, 0.717) is 28.1 Å². The highest BCUT2D eigenvalue weighted by Gasteiger charge is 2.24. The number of aromatic nitrogens is 6. The number of rotatable bonds is 6. The minimum atomic E-state index is -0.663. The van der Waals surface area contributed by atoms with Crippen molar-refractivity contribution in [2.24, 2.45) is 0 Å². The average Bonchev–Trinajstić information content (AvgIpc) is 3.59. The zero-order chi connectivity index (χ0) is 26.9. The van der Waals surface area contributed by atoms with Gasteiger partial charge < -0.3 is 11.1 Å². The van der Waals surface area contributed by atoms with Crippen molar-refractivity contribution in [2.45, 2.75) is 13.0 Å². The Bertz CT molecular complexity index is 1910. The van der Waals surface area contributed by atoms with E-state index in [2.05, 4.69) is 20.4 Å². The molecule has 1 atom stereocenters. The van der Waals surface area contributed by atoms with Gasteiger partial charge in [0.1, 0.15) is 11.4 Å². The van der Waals surface area contributed by atoms with E-state index in [1.807, 2.05) is 54.6 Å². The SMILES string of the molecule is C[C@@H](NC(=O)c1c(N)nn2cccnc12)c1nc2cccc(C=Cc3cncs3)c2c(=O)n1-c1ccccc1. The molecule has 0 saturated heterocycles. The molecule has 0 fully saturated rings. The van der Waals surface area contributed by atoms with Crippen molar-refractivity contribution in [3.8, 4) is 5.69 Å². The first-order valence-corrected chi connectivity index (χ1v) is 13.0. The Morgan fingerprint density at radius 1 is 1.10 bits per heavy atom. The van der Waals surface area contributed by atoms with E-state index in [4.69, 9.17) is 10.7 Å². The summed E-state index contributed by atoms with van der Waals surface area (Å²) in [5.41, 5.74) is 9.94. The number of fused-ring (bicyclic) bond motifs is 2. The van der Waals surface area contributed by atoms with Crippen LogP contribution in [0, 0.1) is 0 Å². The molecule has 11 heteroatoms. The lowest BCUT2D eigenvalue weighted by molar-refractivity contribution is 0.0940. The highest BCUT2D eigenvalue weighted by Crippen LogP contribution is 2.23. The fourth-order valence-electron chi connectivity index (χ4n) is 4.46. The number of benzene rings is 2. The van der Waals surface area contributed by atoms with E-state index in [-0.39, 0.29) is 16.9 Å². The third-order valence-corrected chi connectivity index (χ3v) is 6.97. The molecular weight excluding hydrogens is 512 g/mol. The Morgan fingerprint density at radius 2 is 1.95 bits per heavy atom. The normalized spacial score (nSPS) is 12.3. The maximum absolute atomic E-state index is 14.1. The lowest BCUT2D eigenvalue weighted by Crippen LogP contribution is -2.33. The fourth-order valence-corrected chi connectivity index (χ4v) is 4.98. The predicted molar refractivity (Wildman–Crippen MR) is 152 cm³/mol. The number of para-hydroxylation sites is 1. The molecule has 0 radical (unpaired) electrons. The molecule has 1 amide bonds. The van der Waals surface area contributed by atoms with Crippen LogP contribution in [0.1, 0.15) is 39.6 Å². The van der Waals surface area contributed by atoms with Crippen LogP contribution in [0.5, 0.6) is 0 Å². The monoisotopic (exact) mass is 534 g/mol. The summed E-state index contributed by atoms with van der Waals surface area (Å²) >= 11 is 1.51. The van der Waals surface area contributed by atoms with Crippen LogP contribution >= 0.6 is 11.3 Å². The summed E-state index contributed by atoms with van der Waals surface area (Å²) in [5, 5.41) is 7.58. The molecular formula is C28H22N8O2S. The Kier molecular flexibility index (Phi) is 6.17. The van der Waals surface area contributed by atoms with Gasteiger partial charge in [0, 0.05) is 23.5 Å². The predicted octanol–water partition coefficient (Wildman–Crippen LogP) is 4.13. The third-order valence-electron chi connectivity index (χ3n) is 6.23. The largest absolute Gasteiger partial charge is 0.381 e. The molecule has 0 saturated carbocycles. The Balaban J connectivity index is 1.47. The summed E-state index contributed by atoms with van der Waals surface area (Å²) in [7, 11) is 0. The van der Waals surface area contributed by atoms with E-state index in [1.54, 1.807) is 43.2 Å². The molecule has 0 spiro atoms. The summed E-state index contributed by atoms with van der Waals surface area (Å²) in [6, 6.07) is 15.8. The summed E-state index contributed by atoms with van der Waals surface area (Å²) < 4.78 is 2.99. The molecule has 3 N–H and O–H groups in total. The molecule has 10 nitrogen and oxygen atoms in total. The standard InChI is InChI=1S/C28H22N8O2S/c1-17(32-27(37)23-24(29)34-35-14-6-13-31-26(23)35)25-33-21-10-5-7-18(11-12-20-15-30-16-39-20)22(21)28(38)36(25)19-8-3-2-4-9-19/h2-17H,1H3,(H2,29,34)(H,32,37)/t17-/m1/s1. The smallest absolute Gasteiger partial charge is 0.266 e. The van der Waals surface area contributed by atoms with E-state index < -0.39 is 11.9 Å². The zero-order valence-electron chi connectivity index (χ0n) is 20.7. The third kappa shape index (κ3) is 4.44. The van der Waals surface area contributed by atoms with Crippen LogP contribution in [0.3, 0.4) is 0 Å². The van der Waals surface area contributed by atoms with Crippen molar-refractivity contribution in [3.05, 3.63) is 111 Å². The van der Waals surface area contributed by atoms with Gasteiger partial charge >= 0.3 is 0 Å². The molecule has 39 heavy (non-hydrogen) atoms. The topological polar surface area (TPSA) is 133 Å². The van der Waals surface area contributed by atoms with Crippen LogP contribution < -0.4 is 16.6 Å². The average molecular weight is 535 g/mol. The Labute approximate surface area is 226 Å². The lowest BCUT2D eigenvalue weighted by atomic mass is 10.1. The van der Waals surface area contributed by atoms with Crippen molar-refractivity contribution in [1.29, 1.82) is 0 Å². The van der Waals surface area contributed by atoms with E-state index in [0.717, 1.165) is 10.4 Å². The Morgan fingerprint density at radius 3 is 2.74 bits per heavy atom. The summed E-state index contributed by atoms with van der Waals surface area (Å²) in [6.45, 7) is 1.77. The number of nitrogens with two attached hydrogens (primary N) is 1. The van der Waals surface area contributed by atoms with Gasteiger partial charge in [-0.3, -0.25) is 19.1 Å². The number of amides is 1. The highest BCUT2D eigenvalue weighted by atomic mass is 32.1. The van der Waals surface area contributed by atoms with Gasteiger partial charge in [-0.05, 0) is 42.8 Å². The summed E-state index contributed by atoms with van der Waals surface area (Å²) in [4.78, 5) is 41.7. The van der Waals surface area contributed by atoms with Gasteiger partial charge in [0.2, 0.25) is 0 Å². The Hall–Kier alpha value is -5.16. The molecule has 6 aromatic rings. The van der Waals surface area contributed by atoms with Gasteiger partial charge in [-0.2, -0.15) is 0 Å². The number of anilines is 1. The van der Waals surface area contributed by atoms with Gasteiger partial charge in [0.15, 0.2) is 11.5 Å². The first-order chi connectivity index (χ1) is 19.0. The molecule has 0 aliphatic heterocycles. The first-order valence-electron chi connectivity index (χ1n) is 12.1. The van der Waals surface area contributed by atoms with Gasteiger partial charge in [-0.15, -0.1) is 16.4 Å². The lowest BCUT2D eigenvalue weighted by Gasteiger charge is -2.20. The number of carbonyl (C=O) groups excluding carboxylic acids is 1. The van der Waals surface area contributed by atoms with E-state index in [1.165, 1.54) is 20.4 Å². The molecule has 6 rings (SSSR count). The summed E-state index contributed by atoms with van der Waals surface area (Å²) in [5.74, 6) is -0.0368. The van der Waals surface area contributed by atoms with Crippen LogP contribution in [-0.2, 0) is 0 Å².